The summed E-state index contributed by atoms with van der Waals surface area (Å²) in [5, 5.41) is 14.3. The van der Waals surface area contributed by atoms with E-state index in [0.29, 0.717) is 23.6 Å². The number of nitro benzene ring substituents is 1. The standard InChI is InChI=1S/C14H20N2O2/c1-10-6-5-8-12(11(10)2)15-13-7-3-4-9-14(13)16(17)18/h3-4,7,9-12,15H,5-6,8H2,1-2H3/t10-,11-,12-/m1/s1. The second-order valence-electron chi connectivity index (χ2n) is 5.29. The molecule has 0 heterocycles. The molecule has 0 amide bonds. The Bertz CT molecular complexity index is 434. The fourth-order valence-corrected chi connectivity index (χ4v) is 2.74. The normalized spacial score (nSPS) is 27.8. The molecular weight excluding hydrogens is 228 g/mol. The van der Waals surface area contributed by atoms with Crippen LogP contribution in [0.15, 0.2) is 24.3 Å². The van der Waals surface area contributed by atoms with Crippen molar-refractivity contribution in [1.82, 2.24) is 0 Å². The van der Waals surface area contributed by atoms with E-state index in [9.17, 15) is 10.1 Å². The third-order valence-corrected chi connectivity index (χ3v) is 4.15. The second-order valence-corrected chi connectivity index (χ2v) is 5.29. The van der Waals surface area contributed by atoms with Crippen molar-refractivity contribution in [1.29, 1.82) is 0 Å². The summed E-state index contributed by atoms with van der Waals surface area (Å²) in [7, 11) is 0. The number of nitrogens with one attached hydrogen (secondary N) is 1. The first kappa shape index (κ1) is 12.9. The summed E-state index contributed by atoms with van der Waals surface area (Å²) < 4.78 is 0. The van der Waals surface area contributed by atoms with Gasteiger partial charge in [0.25, 0.3) is 5.69 Å². The maximum Gasteiger partial charge on any atom is 0.292 e. The Labute approximate surface area is 108 Å². The van der Waals surface area contributed by atoms with Crippen LogP contribution < -0.4 is 5.32 Å². The third-order valence-electron chi connectivity index (χ3n) is 4.15. The maximum absolute atomic E-state index is 11.0. The van der Waals surface area contributed by atoms with Gasteiger partial charge in [0.05, 0.1) is 4.92 Å². The molecule has 1 aliphatic rings. The van der Waals surface area contributed by atoms with Gasteiger partial charge in [0.1, 0.15) is 5.69 Å². The highest BCUT2D eigenvalue weighted by atomic mass is 16.6. The van der Waals surface area contributed by atoms with Crippen molar-refractivity contribution < 1.29 is 4.92 Å². The zero-order valence-electron chi connectivity index (χ0n) is 10.9. The SMILES string of the molecule is C[C@@H]1[C@H](C)CCC[C@H]1Nc1ccccc1[N+](=O)[O-]. The lowest BCUT2D eigenvalue weighted by Crippen LogP contribution is -2.35. The van der Waals surface area contributed by atoms with Gasteiger partial charge in [-0.15, -0.1) is 0 Å². The molecule has 0 aromatic heterocycles. The van der Waals surface area contributed by atoms with Gasteiger partial charge in [-0.2, -0.15) is 0 Å². The number of rotatable bonds is 3. The minimum atomic E-state index is -0.320. The molecule has 1 fully saturated rings. The van der Waals surface area contributed by atoms with Crippen LogP contribution in [0.3, 0.4) is 0 Å². The van der Waals surface area contributed by atoms with E-state index >= 15 is 0 Å². The molecule has 3 atom stereocenters. The highest BCUT2D eigenvalue weighted by molar-refractivity contribution is 5.61. The first-order chi connectivity index (χ1) is 8.59. The largest absolute Gasteiger partial charge is 0.376 e. The summed E-state index contributed by atoms with van der Waals surface area (Å²) >= 11 is 0. The van der Waals surface area contributed by atoms with Crippen LogP contribution in [0.25, 0.3) is 0 Å². The maximum atomic E-state index is 11.0. The fourth-order valence-electron chi connectivity index (χ4n) is 2.74. The van der Waals surface area contributed by atoms with E-state index in [0.717, 1.165) is 6.42 Å². The molecule has 1 N–H and O–H groups in total. The Kier molecular flexibility index (Phi) is 3.84. The average Bonchev–Trinajstić information content (AvgIpc) is 2.35. The van der Waals surface area contributed by atoms with Crippen LogP contribution in [0.2, 0.25) is 0 Å². The minimum absolute atomic E-state index is 0.169. The average molecular weight is 248 g/mol. The molecule has 98 valence electrons. The second kappa shape index (κ2) is 5.38. The summed E-state index contributed by atoms with van der Waals surface area (Å²) in [6.07, 6.45) is 3.55. The van der Waals surface area contributed by atoms with Crippen molar-refractivity contribution in [3.05, 3.63) is 34.4 Å². The lowest BCUT2D eigenvalue weighted by molar-refractivity contribution is -0.384. The Hall–Kier alpha value is -1.58. The molecule has 0 saturated heterocycles. The van der Waals surface area contributed by atoms with Crippen molar-refractivity contribution >= 4 is 11.4 Å². The lowest BCUT2D eigenvalue weighted by Gasteiger charge is -2.35. The van der Waals surface area contributed by atoms with Gasteiger partial charge in [-0.3, -0.25) is 10.1 Å². The Morgan fingerprint density at radius 1 is 1.28 bits per heavy atom. The van der Waals surface area contributed by atoms with Crippen LogP contribution in [-0.2, 0) is 0 Å². The molecule has 1 aromatic carbocycles. The van der Waals surface area contributed by atoms with Crippen LogP contribution in [-0.4, -0.2) is 11.0 Å². The van der Waals surface area contributed by atoms with E-state index in [1.54, 1.807) is 18.2 Å². The monoisotopic (exact) mass is 248 g/mol. The fraction of sp³-hybridized carbons (Fsp3) is 0.571. The van der Waals surface area contributed by atoms with E-state index in [1.165, 1.54) is 12.8 Å². The van der Waals surface area contributed by atoms with Gasteiger partial charge in [0.2, 0.25) is 0 Å². The van der Waals surface area contributed by atoms with Gasteiger partial charge in [0.15, 0.2) is 0 Å². The van der Waals surface area contributed by atoms with Crippen LogP contribution in [0.1, 0.15) is 33.1 Å². The van der Waals surface area contributed by atoms with E-state index < -0.39 is 0 Å². The van der Waals surface area contributed by atoms with Gasteiger partial charge in [-0.05, 0) is 24.3 Å². The quantitative estimate of drug-likeness (QED) is 0.653. The van der Waals surface area contributed by atoms with Gasteiger partial charge >= 0.3 is 0 Å². The van der Waals surface area contributed by atoms with Crippen LogP contribution in [0, 0.1) is 22.0 Å². The predicted octanol–water partition coefficient (Wildman–Crippen LogP) is 3.83. The molecule has 0 spiro atoms. The first-order valence-electron chi connectivity index (χ1n) is 6.59. The molecule has 4 heteroatoms. The van der Waals surface area contributed by atoms with Gasteiger partial charge in [-0.25, -0.2) is 0 Å². The number of nitro groups is 1. The molecular formula is C14H20N2O2. The molecule has 1 aromatic rings. The van der Waals surface area contributed by atoms with Crippen LogP contribution in [0.4, 0.5) is 11.4 Å². The summed E-state index contributed by atoms with van der Waals surface area (Å²) in [5.74, 6) is 1.23. The Morgan fingerprint density at radius 3 is 2.72 bits per heavy atom. The first-order valence-corrected chi connectivity index (χ1v) is 6.59. The Balaban J connectivity index is 2.16. The lowest BCUT2D eigenvalue weighted by atomic mass is 9.78. The Morgan fingerprint density at radius 2 is 2.00 bits per heavy atom. The van der Waals surface area contributed by atoms with Crippen molar-refractivity contribution in [3.63, 3.8) is 0 Å². The van der Waals surface area contributed by atoms with Crippen LogP contribution in [0.5, 0.6) is 0 Å². The molecule has 0 bridgehead atoms. The number of anilines is 1. The highest BCUT2D eigenvalue weighted by Gasteiger charge is 2.28. The van der Waals surface area contributed by atoms with Crippen LogP contribution >= 0.6 is 0 Å². The molecule has 1 saturated carbocycles. The zero-order chi connectivity index (χ0) is 13.1. The minimum Gasteiger partial charge on any atom is -0.376 e. The van der Waals surface area contributed by atoms with Crippen molar-refractivity contribution in [2.24, 2.45) is 11.8 Å². The molecule has 18 heavy (non-hydrogen) atoms. The summed E-state index contributed by atoms with van der Waals surface area (Å²) in [4.78, 5) is 10.7. The number of nitrogens with zero attached hydrogens (tertiary/aromatic N) is 1. The zero-order valence-corrected chi connectivity index (χ0v) is 10.9. The van der Waals surface area contributed by atoms with E-state index in [4.69, 9.17) is 0 Å². The predicted molar refractivity (Wildman–Crippen MR) is 72.7 cm³/mol. The van der Waals surface area contributed by atoms with E-state index in [1.807, 2.05) is 6.07 Å². The van der Waals surface area contributed by atoms with E-state index in [-0.39, 0.29) is 10.6 Å². The number of para-hydroxylation sites is 2. The smallest absolute Gasteiger partial charge is 0.292 e. The van der Waals surface area contributed by atoms with Crippen molar-refractivity contribution in [2.75, 3.05) is 5.32 Å². The molecule has 0 aliphatic heterocycles. The van der Waals surface area contributed by atoms with E-state index in [2.05, 4.69) is 19.2 Å². The number of hydrogen-bond donors (Lipinski definition) is 1. The molecule has 2 rings (SSSR count). The number of hydrogen-bond acceptors (Lipinski definition) is 3. The third kappa shape index (κ3) is 2.63. The molecule has 0 unspecified atom stereocenters. The summed E-state index contributed by atoms with van der Waals surface area (Å²) in [5.41, 5.74) is 0.816. The van der Waals surface area contributed by atoms with Gasteiger partial charge in [0, 0.05) is 12.1 Å². The van der Waals surface area contributed by atoms with Gasteiger partial charge in [-0.1, -0.05) is 38.8 Å². The summed E-state index contributed by atoms with van der Waals surface area (Å²) in [6.45, 7) is 4.49. The topological polar surface area (TPSA) is 55.2 Å². The molecule has 0 radical (unpaired) electrons. The van der Waals surface area contributed by atoms with Gasteiger partial charge < -0.3 is 5.32 Å². The number of benzene rings is 1. The van der Waals surface area contributed by atoms with Crippen molar-refractivity contribution in [2.45, 2.75) is 39.2 Å². The van der Waals surface area contributed by atoms with Crippen molar-refractivity contribution in [3.8, 4) is 0 Å². The molecule has 4 nitrogen and oxygen atoms in total. The molecule has 1 aliphatic carbocycles. The summed E-state index contributed by atoms with van der Waals surface area (Å²) in [6, 6.07) is 7.24. The highest BCUT2D eigenvalue weighted by Crippen LogP contribution is 2.33.